The fourth-order valence-electron chi connectivity index (χ4n) is 4.32. The number of hydrazone groups is 1. The highest BCUT2D eigenvalue weighted by molar-refractivity contribution is 9.10. The number of hydrogen-bond acceptors (Lipinski definition) is 8. The first-order valence-corrected chi connectivity index (χ1v) is 11.7. The van der Waals surface area contributed by atoms with Gasteiger partial charge in [-0.25, -0.2) is 5.01 Å². The number of hydrogen-bond donors (Lipinski definition) is 1. The van der Waals surface area contributed by atoms with Gasteiger partial charge in [-0.1, -0.05) is 33.8 Å². The average Bonchev–Trinajstić information content (AvgIpc) is 3.36. The summed E-state index contributed by atoms with van der Waals surface area (Å²) >= 11 is 4.68. The predicted molar refractivity (Wildman–Crippen MR) is 123 cm³/mol. The molecule has 0 saturated carbocycles. The van der Waals surface area contributed by atoms with E-state index in [4.69, 9.17) is 19.3 Å². The lowest BCUT2D eigenvalue weighted by molar-refractivity contribution is -0.150. The minimum Gasteiger partial charge on any atom is -0.497 e. The normalized spacial score (nSPS) is 25.5. The van der Waals surface area contributed by atoms with Crippen molar-refractivity contribution in [1.29, 1.82) is 0 Å². The second kappa shape index (κ2) is 8.00. The number of amides is 1. The fraction of sp³-hybridized carbons (Fsp3) is 0.318. The Morgan fingerprint density at radius 2 is 2.09 bits per heavy atom. The standard InChI is InChI=1S/C22H20BrN3O5S/c1-29-13-8-6-12(7-9-13)15-10-16-20-14(23)4-3-5-17(20)31-22(26(16)25-15)18(11-19(27)30-2)32-21(28)24-22/h3-9,16,18H,10-11H2,1-2H3,(H,24,28). The Morgan fingerprint density at radius 3 is 2.81 bits per heavy atom. The van der Waals surface area contributed by atoms with Crippen molar-refractivity contribution in [3.05, 3.63) is 58.1 Å². The summed E-state index contributed by atoms with van der Waals surface area (Å²) in [6, 6.07) is 13.2. The topological polar surface area (TPSA) is 89.5 Å². The van der Waals surface area contributed by atoms with Gasteiger partial charge in [-0.3, -0.25) is 14.9 Å². The number of halogens is 1. The minimum atomic E-state index is -1.30. The molecule has 3 unspecified atom stereocenters. The summed E-state index contributed by atoms with van der Waals surface area (Å²) in [4.78, 5) is 24.6. The van der Waals surface area contributed by atoms with Crippen LogP contribution in [0.5, 0.6) is 11.5 Å². The van der Waals surface area contributed by atoms with Crippen molar-refractivity contribution in [3.63, 3.8) is 0 Å². The predicted octanol–water partition coefficient (Wildman–Crippen LogP) is 4.04. The molecule has 1 N–H and O–H groups in total. The van der Waals surface area contributed by atoms with Crippen LogP contribution in [-0.4, -0.2) is 47.2 Å². The van der Waals surface area contributed by atoms with E-state index in [1.807, 2.05) is 42.5 Å². The van der Waals surface area contributed by atoms with Crippen molar-refractivity contribution in [1.82, 2.24) is 10.3 Å². The zero-order valence-electron chi connectivity index (χ0n) is 17.3. The van der Waals surface area contributed by atoms with Crippen molar-refractivity contribution in [2.75, 3.05) is 14.2 Å². The summed E-state index contributed by atoms with van der Waals surface area (Å²) in [5, 5.41) is 8.84. The monoisotopic (exact) mass is 517 g/mol. The van der Waals surface area contributed by atoms with Gasteiger partial charge in [-0.15, -0.1) is 0 Å². The highest BCUT2D eigenvalue weighted by atomic mass is 79.9. The van der Waals surface area contributed by atoms with Crippen LogP contribution in [0.4, 0.5) is 4.79 Å². The van der Waals surface area contributed by atoms with E-state index < -0.39 is 17.1 Å². The first-order valence-electron chi connectivity index (χ1n) is 9.99. The van der Waals surface area contributed by atoms with Crippen molar-refractivity contribution in [3.8, 4) is 11.5 Å². The minimum absolute atomic E-state index is 0.000146. The third-order valence-corrected chi connectivity index (χ3v) is 7.61. The molecule has 10 heteroatoms. The van der Waals surface area contributed by atoms with Gasteiger partial charge in [0.25, 0.3) is 11.1 Å². The van der Waals surface area contributed by atoms with Gasteiger partial charge in [-0.2, -0.15) is 5.10 Å². The molecule has 3 heterocycles. The Balaban J connectivity index is 1.61. The molecule has 0 radical (unpaired) electrons. The maximum Gasteiger partial charge on any atom is 0.306 e. The van der Waals surface area contributed by atoms with Gasteiger partial charge >= 0.3 is 5.97 Å². The first-order chi connectivity index (χ1) is 15.4. The second-order valence-electron chi connectivity index (χ2n) is 7.59. The van der Waals surface area contributed by atoms with Gasteiger partial charge in [0, 0.05) is 16.5 Å². The van der Waals surface area contributed by atoms with Crippen molar-refractivity contribution >= 4 is 44.6 Å². The molecule has 3 atom stereocenters. The summed E-state index contributed by atoms with van der Waals surface area (Å²) in [5.74, 6) is -0.319. The molecule has 1 fully saturated rings. The molecule has 0 aliphatic carbocycles. The van der Waals surface area contributed by atoms with Crippen molar-refractivity contribution in [2.45, 2.75) is 30.0 Å². The maximum atomic E-state index is 12.5. The molecule has 1 amide bonds. The van der Waals surface area contributed by atoms with E-state index in [2.05, 4.69) is 21.2 Å². The molecule has 0 aromatic heterocycles. The molecular weight excluding hydrogens is 498 g/mol. The van der Waals surface area contributed by atoms with Crippen LogP contribution in [0.15, 0.2) is 52.0 Å². The van der Waals surface area contributed by atoms with Crippen molar-refractivity contribution < 1.29 is 23.8 Å². The molecular formula is C22H20BrN3O5S. The lowest BCUT2D eigenvalue weighted by Gasteiger charge is -2.47. The van der Waals surface area contributed by atoms with E-state index >= 15 is 0 Å². The number of fused-ring (bicyclic) bond motifs is 4. The second-order valence-corrected chi connectivity index (χ2v) is 9.62. The average molecular weight is 518 g/mol. The fourth-order valence-corrected chi connectivity index (χ4v) is 5.99. The molecule has 2 aromatic carbocycles. The SMILES string of the molecule is COC(=O)CC1SC(=O)NC12Oc1cccc(Br)c1C1CC(c3ccc(OC)cc3)=NN12. The number of ether oxygens (including phenoxy) is 3. The molecule has 3 aliphatic heterocycles. The summed E-state index contributed by atoms with van der Waals surface area (Å²) in [6.45, 7) is 0. The number of thioether (sulfide) groups is 1. The van der Waals surface area contributed by atoms with Crippen LogP contribution in [0.25, 0.3) is 0 Å². The molecule has 2 aromatic rings. The molecule has 1 spiro atoms. The number of nitrogens with zero attached hydrogens (tertiary/aromatic N) is 2. The lowest BCUT2D eigenvalue weighted by atomic mass is 9.95. The van der Waals surface area contributed by atoms with E-state index in [9.17, 15) is 9.59 Å². The number of carbonyl (C=O) groups is 2. The van der Waals surface area contributed by atoms with Gasteiger partial charge in [0.05, 0.1) is 32.4 Å². The molecule has 8 nitrogen and oxygen atoms in total. The van der Waals surface area contributed by atoms with Gasteiger partial charge in [-0.05, 0) is 42.0 Å². The largest absolute Gasteiger partial charge is 0.497 e. The van der Waals surface area contributed by atoms with E-state index in [0.717, 1.165) is 38.8 Å². The van der Waals surface area contributed by atoms with Crippen LogP contribution >= 0.6 is 27.7 Å². The summed E-state index contributed by atoms with van der Waals surface area (Å²) in [5.41, 5.74) is 2.76. The zero-order chi connectivity index (χ0) is 22.5. The van der Waals surface area contributed by atoms with Crippen LogP contribution < -0.4 is 14.8 Å². The van der Waals surface area contributed by atoms with Gasteiger partial charge in [0.15, 0.2) is 0 Å². The third kappa shape index (κ3) is 3.32. The quantitative estimate of drug-likeness (QED) is 0.612. The first kappa shape index (κ1) is 21.1. The summed E-state index contributed by atoms with van der Waals surface area (Å²) < 4.78 is 17.5. The van der Waals surface area contributed by atoms with E-state index in [1.165, 1.54) is 7.11 Å². The number of nitrogens with one attached hydrogen (secondary N) is 1. The number of carbonyl (C=O) groups excluding carboxylic acids is 2. The van der Waals surface area contributed by atoms with Gasteiger partial charge < -0.3 is 14.2 Å². The highest BCUT2D eigenvalue weighted by Crippen LogP contribution is 2.53. The summed E-state index contributed by atoms with van der Waals surface area (Å²) in [7, 11) is 2.95. The van der Waals surface area contributed by atoms with Crippen LogP contribution in [0.3, 0.4) is 0 Å². The van der Waals surface area contributed by atoms with Crippen LogP contribution in [0.1, 0.15) is 30.0 Å². The van der Waals surface area contributed by atoms with Crippen LogP contribution in [0.2, 0.25) is 0 Å². The van der Waals surface area contributed by atoms with E-state index in [0.29, 0.717) is 12.2 Å². The smallest absolute Gasteiger partial charge is 0.306 e. The Bertz CT molecular complexity index is 1130. The number of methoxy groups -OCH3 is 2. The Labute approximate surface area is 197 Å². The zero-order valence-corrected chi connectivity index (χ0v) is 19.7. The molecule has 1 saturated heterocycles. The summed E-state index contributed by atoms with van der Waals surface area (Å²) in [6.07, 6.45) is 0.610. The number of rotatable bonds is 4. The third-order valence-electron chi connectivity index (χ3n) is 5.83. The highest BCUT2D eigenvalue weighted by Gasteiger charge is 2.61. The van der Waals surface area contributed by atoms with Crippen molar-refractivity contribution in [2.24, 2.45) is 5.10 Å². The molecule has 3 aliphatic rings. The van der Waals surface area contributed by atoms with E-state index in [1.54, 1.807) is 12.1 Å². The maximum absolute atomic E-state index is 12.5. The van der Waals surface area contributed by atoms with Gasteiger partial charge in [0.1, 0.15) is 16.7 Å². The van der Waals surface area contributed by atoms with E-state index in [-0.39, 0.29) is 17.7 Å². The van der Waals surface area contributed by atoms with Crippen LogP contribution in [-0.2, 0) is 9.53 Å². The molecule has 166 valence electrons. The Kier molecular flexibility index (Phi) is 5.29. The molecule has 32 heavy (non-hydrogen) atoms. The lowest BCUT2D eigenvalue weighted by Crippen LogP contribution is -2.65. The van der Waals surface area contributed by atoms with Crippen LogP contribution in [0, 0.1) is 0 Å². The number of benzene rings is 2. The van der Waals surface area contributed by atoms with Gasteiger partial charge in [0.2, 0.25) is 0 Å². The Morgan fingerprint density at radius 1 is 1.31 bits per heavy atom. The Hall–Kier alpha value is -2.72. The molecule has 5 rings (SSSR count). The number of esters is 1. The molecule has 0 bridgehead atoms.